The van der Waals surface area contributed by atoms with Crippen LogP contribution in [-0.2, 0) is 4.79 Å². The second-order valence-electron chi connectivity index (χ2n) is 6.15. The molecular weight excluding hydrogens is 346 g/mol. The van der Waals surface area contributed by atoms with E-state index in [1.54, 1.807) is 12.1 Å². The lowest BCUT2D eigenvalue weighted by Crippen LogP contribution is -2.41. The Kier molecular flexibility index (Phi) is 5.46. The molecule has 128 valence electrons. The number of amides is 1. The molecule has 1 aliphatic rings. The van der Waals surface area contributed by atoms with Crippen molar-refractivity contribution >= 4 is 29.3 Å². The van der Waals surface area contributed by atoms with E-state index < -0.39 is 0 Å². The van der Waals surface area contributed by atoms with Gasteiger partial charge < -0.3 is 9.32 Å². The highest BCUT2D eigenvalue weighted by molar-refractivity contribution is 8.00. The van der Waals surface area contributed by atoms with Gasteiger partial charge in [0.25, 0.3) is 5.22 Å². The lowest BCUT2D eigenvalue weighted by molar-refractivity contribution is -0.131. The molecule has 0 N–H and O–H groups in total. The molecule has 1 amide bonds. The van der Waals surface area contributed by atoms with Crippen LogP contribution in [0.25, 0.3) is 11.5 Å². The van der Waals surface area contributed by atoms with Crippen LogP contribution in [0.5, 0.6) is 0 Å². The number of aromatic nitrogens is 2. The minimum Gasteiger partial charge on any atom is -0.411 e. The van der Waals surface area contributed by atoms with Gasteiger partial charge >= 0.3 is 0 Å². The van der Waals surface area contributed by atoms with Crippen LogP contribution in [0.1, 0.15) is 26.7 Å². The molecule has 0 radical (unpaired) electrons. The summed E-state index contributed by atoms with van der Waals surface area (Å²) in [5, 5.41) is 8.91. The Bertz CT molecular complexity index is 696. The maximum absolute atomic E-state index is 12.5. The number of halogens is 1. The summed E-state index contributed by atoms with van der Waals surface area (Å²) in [5.41, 5.74) is 0.808. The number of piperidine rings is 1. The van der Waals surface area contributed by atoms with E-state index in [1.807, 2.05) is 24.0 Å². The van der Waals surface area contributed by atoms with Crippen molar-refractivity contribution in [3.8, 4) is 11.5 Å². The maximum atomic E-state index is 12.5. The van der Waals surface area contributed by atoms with Gasteiger partial charge in [-0.05, 0) is 49.9 Å². The standard InChI is InChI=1S/C17H20ClN3O2S/c1-11-7-9-21(10-8-11)16(22)12(2)24-17-20-19-15(23-17)13-3-5-14(18)6-4-13/h3-6,11-12H,7-10H2,1-2H3/t12-/m1/s1. The number of carbonyl (C=O) groups excluding carboxylic acids is 1. The van der Waals surface area contributed by atoms with Crippen LogP contribution in [0.4, 0.5) is 0 Å². The quantitative estimate of drug-likeness (QED) is 0.762. The Hall–Kier alpha value is -1.53. The zero-order valence-corrected chi connectivity index (χ0v) is 15.3. The normalized spacial score (nSPS) is 17.0. The molecule has 3 rings (SSSR count). The minimum absolute atomic E-state index is 0.137. The summed E-state index contributed by atoms with van der Waals surface area (Å²) in [5.74, 6) is 1.27. The van der Waals surface area contributed by atoms with E-state index in [0.29, 0.717) is 22.1 Å². The van der Waals surface area contributed by atoms with E-state index >= 15 is 0 Å². The van der Waals surface area contributed by atoms with Crippen LogP contribution < -0.4 is 0 Å². The van der Waals surface area contributed by atoms with Crippen molar-refractivity contribution in [3.05, 3.63) is 29.3 Å². The highest BCUT2D eigenvalue weighted by Crippen LogP contribution is 2.28. The van der Waals surface area contributed by atoms with Crippen LogP contribution in [0, 0.1) is 5.92 Å². The molecular formula is C17H20ClN3O2S. The van der Waals surface area contributed by atoms with E-state index in [4.69, 9.17) is 16.0 Å². The first-order valence-corrected chi connectivity index (χ1v) is 9.33. The highest BCUT2D eigenvalue weighted by Gasteiger charge is 2.26. The van der Waals surface area contributed by atoms with Crippen LogP contribution >= 0.6 is 23.4 Å². The molecule has 5 nitrogen and oxygen atoms in total. The first-order valence-electron chi connectivity index (χ1n) is 8.08. The molecule has 1 saturated heterocycles. The molecule has 0 bridgehead atoms. The third-order valence-corrected chi connectivity index (χ3v) is 5.39. The lowest BCUT2D eigenvalue weighted by atomic mass is 9.99. The molecule has 1 aromatic heterocycles. The summed E-state index contributed by atoms with van der Waals surface area (Å²) in [4.78, 5) is 14.5. The number of thioether (sulfide) groups is 1. The van der Waals surface area contributed by atoms with E-state index in [-0.39, 0.29) is 11.2 Å². The van der Waals surface area contributed by atoms with Crippen molar-refractivity contribution in [3.63, 3.8) is 0 Å². The number of hydrogen-bond donors (Lipinski definition) is 0. The van der Waals surface area contributed by atoms with Crippen molar-refractivity contribution < 1.29 is 9.21 Å². The van der Waals surface area contributed by atoms with Crippen molar-refractivity contribution in [1.29, 1.82) is 0 Å². The van der Waals surface area contributed by atoms with Gasteiger partial charge in [-0.2, -0.15) is 0 Å². The number of likely N-dealkylation sites (tertiary alicyclic amines) is 1. The third kappa shape index (κ3) is 4.11. The molecule has 0 aliphatic carbocycles. The lowest BCUT2D eigenvalue weighted by Gasteiger charge is -2.31. The van der Waals surface area contributed by atoms with E-state index in [9.17, 15) is 4.79 Å². The average Bonchev–Trinajstić information content (AvgIpc) is 3.04. The Morgan fingerprint density at radius 1 is 1.29 bits per heavy atom. The molecule has 0 saturated carbocycles. The molecule has 1 atom stereocenters. The Morgan fingerprint density at radius 3 is 2.62 bits per heavy atom. The molecule has 7 heteroatoms. The maximum Gasteiger partial charge on any atom is 0.277 e. The Balaban J connectivity index is 1.61. The van der Waals surface area contributed by atoms with Crippen molar-refractivity contribution in [2.45, 2.75) is 37.2 Å². The van der Waals surface area contributed by atoms with Gasteiger partial charge in [0, 0.05) is 23.7 Å². The van der Waals surface area contributed by atoms with Crippen LogP contribution in [0.3, 0.4) is 0 Å². The summed E-state index contributed by atoms with van der Waals surface area (Å²) in [6.45, 7) is 5.80. The van der Waals surface area contributed by atoms with Gasteiger partial charge in [0.2, 0.25) is 11.8 Å². The number of carbonyl (C=O) groups is 1. The second-order valence-corrected chi connectivity index (χ2v) is 7.88. The SMILES string of the molecule is CC1CCN(C(=O)[C@@H](C)Sc2nnc(-c3ccc(Cl)cc3)o2)CC1. The van der Waals surface area contributed by atoms with Gasteiger partial charge in [-0.3, -0.25) is 4.79 Å². The van der Waals surface area contributed by atoms with E-state index in [1.165, 1.54) is 11.8 Å². The fourth-order valence-corrected chi connectivity index (χ4v) is 3.55. The third-order valence-electron chi connectivity index (χ3n) is 4.22. The summed E-state index contributed by atoms with van der Waals surface area (Å²) < 4.78 is 5.66. The van der Waals surface area contributed by atoms with Gasteiger partial charge in [0.05, 0.1) is 5.25 Å². The molecule has 0 spiro atoms. The monoisotopic (exact) mass is 365 g/mol. The summed E-state index contributed by atoms with van der Waals surface area (Å²) in [7, 11) is 0. The van der Waals surface area contributed by atoms with E-state index in [2.05, 4.69) is 17.1 Å². The number of hydrogen-bond acceptors (Lipinski definition) is 5. The average molecular weight is 366 g/mol. The Morgan fingerprint density at radius 2 is 1.96 bits per heavy atom. The van der Waals surface area contributed by atoms with Gasteiger partial charge in [0.15, 0.2) is 0 Å². The van der Waals surface area contributed by atoms with E-state index in [0.717, 1.165) is 31.5 Å². The first-order chi connectivity index (χ1) is 11.5. The molecule has 1 aromatic carbocycles. The molecule has 1 aliphatic heterocycles. The van der Waals surface area contributed by atoms with Gasteiger partial charge in [-0.1, -0.05) is 30.3 Å². The second kappa shape index (κ2) is 7.57. The molecule has 0 unspecified atom stereocenters. The zero-order chi connectivity index (χ0) is 17.1. The summed E-state index contributed by atoms with van der Waals surface area (Å²) in [6, 6.07) is 7.20. The van der Waals surface area contributed by atoms with Crippen LogP contribution in [0.15, 0.2) is 33.9 Å². The van der Waals surface area contributed by atoms with Crippen LogP contribution in [-0.4, -0.2) is 39.3 Å². The molecule has 1 fully saturated rings. The molecule has 2 heterocycles. The smallest absolute Gasteiger partial charge is 0.277 e. The highest BCUT2D eigenvalue weighted by atomic mass is 35.5. The topological polar surface area (TPSA) is 59.2 Å². The summed E-state index contributed by atoms with van der Waals surface area (Å²) >= 11 is 7.19. The van der Waals surface area contributed by atoms with Crippen molar-refractivity contribution in [2.75, 3.05) is 13.1 Å². The number of nitrogens with zero attached hydrogens (tertiary/aromatic N) is 3. The van der Waals surface area contributed by atoms with Crippen molar-refractivity contribution in [1.82, 2.24) is 15.1 Å². The predicted molar refractivity (Wildman–Crippen MR) is 95.0 cm³/mol. The number of benzene rings is 1. The zero-order valence-electron chi connectivity index (χ0n) is 13.7. The largest absolute Gasteiger partial charge is 0.411 e. The van der Waals surface area contributed by atoms with Crippen LogP contribution in [0.2, 0.25) is 5.02 Å². The molecule has 24 heavy (non-hydrogen) atoms. The summed E-state index contributed by atoms with van der Waals surface area (Å²) in [6.07, 6.45) is 2.15. The fraction of sp³-hybridized carbons (Fsp3) is 0.471. The predicted octanol–water partition coefficient (Wildman–Crippen LogP) is 4.13. The first kappa shape index (κ1) is 17.3. The van der Waals surface area contributed by atoms with Crippen molar-refractivity contribution in [2.24, 2.45) is 5.92 Å². The Labute approximate surface area is 150 Å². The van der Waals surface area contributed by atoms with Gasteiger partial charge in [-0.15, -0.1) is 10.2 Å². The van der Waals surface area contributed by atoms with Gasteiger partial charge in [0.1, 0.15) is 0 Å². The number of rotatable bonds is 4. The molecule has 2 aromatic rings. The minimum atomic E-state index is -0.239. The fourth-order valence-electron chi connectivity index (χ4n) is 2.65. The van der Waals surface area contributed by atoms with Gasteiger partial charge in [-0.25, -0.2) is 0 Å².